The lowest BCUT2D eigenvalue weighted by molar-refractivity contribution is -0.139. The second kappa shape index (κ2) is 8.16. The van der Waals surface area contributed by atoms with Crippen LogP contribution in [-0.4, -0.2) is 26.2 Å². The third-order valence-electron chi connectivity index (χ3n) is 3.79. The summed E-state index contributed by atoms with van der Waals surface area (Å²) in [7, 11) is 2.55. The van der Waals surface area contributed by atoms with E-state index in [4.69, 9.17) is 9.47 Å². The van der Waals surface area contributed by atoms with E-state index in [2.05, 4.69) is 29.8 Å². The van der Waals surface area contributed by atoms with Gasteiger partial charge in [-0.05, 0) is 51.7 Å². The molecular weight excluding hydrogens is 386 g/mol. The Morgan fingerprint density at radius 2 is 1.76 bits per heavy atom. The molecule has 0 N–H and O–H groups in total. The summed E-state index contributed by atoms with van der Waals surface area (Å²) in [5.74, 6) is -0.871. The van der Waals surface area contributed by atoms with Crippen LogP contribution < -0.4 is 4.90 Å². The first-order chi connectivity index (χ1) is 11.9. The number of ether oxygens (including phenoxy) is 2. The summed E-state index contributed by atoms with van der Waals surface area (Å²) in [5, 5.41) is 0. The Balaban J connectivity index is 2.65. The van der Waals surface area contributed by atoms with Crippen LogP contribution in [-0.2, 0) is 19.1 Å². The van der Waals surface area contributed by atoms with Crippen LogP contribution >= 0.6 is 15.9 Å². The number of rotatable bonds is 4. The first-order valence-electron chi connectivity index (χ1n) is 7.75. The predicted molar refractivity (Wildman–Crippen MR) is 100 cm³/mol. The SMILES string of the molecule is COC(=O)C1=C(C(=O)OC)N(c2ccc(C(C)C)cc2Br)C=CC=C1. The van der Waals surface area contributed by atoms with Crippen molar-refractivity contribution in [2.24, 2.45) is 0 Å². The molecule has 5 nitrogen and oxygen atoms in total. The maximum absolute atomic E-state index is 12.4. The van der Waals surface area contributed by atoms with Crippen molar-refractivity contribution in [1.82, 2.24) is 0 Å². The molecule has 0 amide bonds. The van der Waals surface area contributed by atoms with Gasteiger partial charge in [0.05, 0.1) is 25.5 Å². The maximum Gasteiger partial charge on any atom is 0.355 e. The van der Waals surface area contributed by atoms with E-state index in [-0.39, 0.29) is 11.3 Å². The van der Waals surface area contributed by atoms with Crippen LogP contribution in [0.1, 0.15) is 25.3 Å². The lowest BCUT2D eigenvalue weighted by Gasteiger charge is -2.24. The summed E-state index contributed by atoms with van der Waals surface area (Å²) < 4.78 is 10.5. The van der Waals surface area contributed by atoms with Crippen molar-refractivity contribution >= 4 is 33.6 Å². The van der Waals surface area contributed by atoms with Gasteiger partial charge in [0, 0.05) is 10.7 Å². The molecule has 0 aromatic heterocycles. The summed E-state index contributed by atoms with van der Waals surface area (Å²) in [6.07, 6.45) is 6.64. The fourth-order valence-electron chi connectivity index (χ4n) is 2.43. The fraction of sp³-hybridized carbons (Fsp3) is 0.263. The van der Waals surface area contributed by atoms with Gasteiger partial charge in [-0.15, -0.1) is 0 Å². The lowest BCUT2D eigenvalue weighted by atomic mass is 10.0. The molecule has 0 radical (unpaired) electrons. The predicted octanol–water partition coefficient (Wildman–Crippen LogP) is 4.06. The second-order valence-electron chi connectivity index (χ2n) is 5.68. The number of anilines is 1. The first kappa shape index (κ1) is 19.0. The van der Waals surface area contributed by atoms with Crippen LogP contribution in [0.3, 0.4) is 0 Å². The zero-order valence-corrected chi connectivity index (χ0v) is 16.2. The molecular formula is C19H20BrNO4. The first-order valence-corrected chi connectivity index (χ1v) is 8.54. The minimum atomic E-state index is -0.628. The number of carbonyl (C=O) groups is 2. The smallest absolute Gasteiger partial charge is 0.355 e. The number of halogens is 1. The minimum Gasteiger partial charge on any atom is -0.465 e. The number of benzene rings is 1. The summed E-state index contributed by atoms with van der Waals surface area (Å²) >= 11 is 3.56. The fourth-order valence-corrected chi connectivity index (χ4v) is 3.02. The van der Waals surface area contributed by atoms with Gasteiger partial charge in [0.15, 0.2) is 0 Å². The topological polar surface area (TPSA) is 55.8 Å². The molecule has 1 heterocycles. The molecule has 1 aliphatic heterocycles. The minimum absolute atomic E-state index is 0.0948. The molecule has 0 atom stereocenters. The van der Waals surface area contributed by atoms with Crippen molar-refractivity contribution in [1.29, 1.82) is 0 Å². The van der Waals surface area contributed by atoms with Crippen LogP contribution in [0.5, 0.6) is 0 Å². The zero-order valence-electron chi connectivity index (χ0n) is 14.6. The third-order valence-corrected chi connectivity index (χ3v) is 4.42. The van der Waals surface area contributed by atoms with Crippen molar-refractivity contribution in [2.45, 2.75) is 19.8 Å². The van der Waals surface area contributed by atoms with E-state index in [9.17, 15) is 9.59 Å². The summed E-state index contributed by atoms with van der Waals surface area (Å²) in [6.45, 7) is 4.21. The van der Waals surface area contributed by atoms with E-state index in [1.807, 2.05) is 18.2 Å². The van der Waals surface area contributed by atoms with Crippen LogP contribution in [0, 0.1) is 0 Å². The number of hydrogen-bond donors (Lipinski definition) is 0. The number of methoxy groups -OCH3 is 2. The summed E-state index contributed by atoms with van der Waals surface area (Å²) in [4.78, 5) is 26.2. The summed E-state index contributed by atoms with van der Waals surface area (Å²) in [6, 6.07) is 5.88. The Kier molecular flexibility index (Phi) is 6.20. The molecule has 0 unspecified atom stereocenters. The molecule has 0 aliphatic carbocycles. The lowest BCUT2D eigenvalue weighted by Crippen LogP contribution is -2.27. The van der Waals surface area contributed by atoms with Crippen LogP contribution in [0.15, 0.2) is 58.4 Å². The molecule has 132 valence electrons. The normalized spacial score (nSPS) is 13.9. The van der Waals surface area contributed by atoms with Crippen LogP contribution in [0.25, 0.3) is 0 Å². The molecule has 0 saturated carbocycles. The monoisotopic (exact) mass is 405 g/mol. The molecule has 0 fully saturated rings. The third kappa shape index (κ3) is 4.02. The molecule has 2 rings (SSSR count). The standard InChI is InChI=1S/C19H20BrNO4/c1-12(2)13-8-9-16(15(20)11-13)21-10-6-5-7-14(18(22)24-3)17(21)19(23)25-4/h5-12H,1-4H3. The summed E-state index contributed by atoms with van der Waals surface area (Å²) in [5.41, 5.74) is 2.09. The highest BCUT2D eigenvalue weighted by atomic mass is 79.9. The van der Waals surface area contributed by atoms with Crippen LogP contribution in [0.4, 0.5) is 5.69 Å². The van der Waals surface area contributed by atoms with E-state index in [0.29, 0.717) is 11.6 Å². The van der Waals surface area contributed by atoms with Gasteiger partial charge in [-0.25, -0.2) is 9.59 Å². The van der Waals surface area contributed by atoms with Crippen molar-refractivity contribution in [3.8, 4) is 0 Å². The molecule has 6 heteroatoms. The Morgan fingerprint density at radius 1 is 1.08 bits per heavy atom. The Hall–Kier alpha value is -2.34. The number of hydrogen-bond acceptors (Lipinski definition) is 5. The van der Waals surface area contributed by atoms with E-state index in [1.165, 1.54) is 20.3 Å². The molecule has 1 aromatic carbocycles. The van der Waals surface area contributed by atoms with Gasteiger partial charge in [0.1, 0.15) is 5.70 Å². The van der Waals surface area contributed by atoms with Crippen molar-refractivity contribution < 1.29 is 19.1 Å². The number of allylic oxidation sites excluding steroid dienone is 2. The van der Waals surface area contributed by atoms with E-state index >= 15 is 0 Å². The largest absolute Gasteiger partial charge is 0.465 e. The van der Waals surface area contributed by atoms with Gasteiger partial charge >= 0.3 is 11.9 Å². The Labute approximate surface area is 155 Å². The van der Waals surface area contributed by atoms with Gasteiger partial charge in [-0.3, -0.25) is 0 Å². The van der Waals surface area contributed by atoms with Gasteiger partial charge in [-0.2, -0.15) is 0 Å². The molecule has 0 saturated heterocycles. The van der Waals surface area contributed by atoms with E-state index in [0.717, 1.165) is 10.0 Å². The number of nitrogens with zero attached hydrogens (tertiary/aromatic N) is 1. The highest BCUT2D eigenvalue weighted by Crippen LogP contribution is 2.34. The zero-order chi connectivity index (χ0) is 18.6. The quantitative estimate of drug-likeness (QED) is 0.706. The van der Waals surface area contributed by atoms with Gasteiger partial charge in [0.2, 0.25) is 0 Å². The van der Waals surface area contributed by atoms with E-state index in [1.54, 1.807) is 23.3 Å². The van der Waals surface area contributed by atoms with E-state index < -0.39 is 11.9 Å². The van der Waals surface area contributed by atoms with Gasteiger partial charge < -0.3 is 14.4 Å². The Bertz CT molecular complexity index is 778. The molecule has 0 spiro atoms. The maximum atomic E-state index is 12.4. The molecule has 1 aromatic rings. The van der Waals surface area contributed by atoms with Crippen molar-refractivity contribution in [2.75, 3.05) is 19.1 Å². The molecule has 1 aliphatic rings. The Morgan fingerprint density at radius 3 is 2.32 bits per heavy atom. The average molecular weight is 406 g/mol. The molecule has 25 heavy (non-hydrogen) atoms. The average Bonchev–Trinajstić information content (AvgIpc) is 2.82. The number of esters is 2. The van der Waals surface area contributed by atoms with Crippen molar-refractivity contribution in [3.63, 3.8) is 0 Å². The molecule has 0 bridgehead atoms. The highest BCUT2D eigenvalue weighted by Gasteiger charge is 2.28. The number of carbonyl (C=O) groups excluding carboxylic acids is 2. The van der Waals surface area contributed by atoms with Crippen molar-refractivity contribution in [3.05, 3.63) is 63.9 Å². The van der Waals surface area contributed by atoms with Gasteiger partial charge in [-0.1, -0.05) is 26.0 Å². The second-order valence-corrected chi connectivity index (χ2v) is 6.54. The highest BCUT2D eigenvalue weighted by molar-refractivity contribution is 9.10. The van der Waals surface area contributed by atoms with Crippen LogP contribution in [0.2, 0.25) is 0 Å². The van der Waals surface area contributed by atoms with Gasteiger partial charge in [0.25, 0.3) is 0 Å².